The van der Waals surface area contributed by atoms with Gasteiger partial charge < -0.3 is 9.47 Å². The van der Waals surface area contributed by atoms with Crippen LogP contribution in [0.25, 0.3) is 49.7 Å². The molecule has 3 heteroatoms. The summed E-state index contributed by atoms with van der Waals surface area (Å²) in [5, 5.41) is 2.61. The first-order chi connectivity index (χ1) is 22.3. The second-order valence-corrected chi connectivity index (χ2v) is 12.5. The molecule has 0 aliphatic carbocycles. The molecule has 0 saturated carbocycles. The summed E-state index contributed by atoms with van der Waals surface area (Å²) in [7, 11) is 0. The monoisotopic (exact) mass is 592 g/mol. The maximum absolute atomic E-state index is 2.45. The van der Waals surface area contributed by atoms with E-state index < -0.39 is 0 Å². The van der Waals surface area contributed by atoms with Crippen LogP contribution >= 0.6 is 11.8 Å². The molecule has 2 nitrogen and oxygen atoms in total. The highest BCUT2D eigenvalue weighted by molar-refractivity contribution is 7.99. The Morgan fingerprint density at radius 3 is 1.58 bits per heavy atom. The molecule has 7 aromatic carbocycles. The van der Waals surface area contributed by atoms with Crippen LogP contribution in [0.3, 0.4) is 0 Å². The second-order valence-electron chi connectivity index (χ2n) is 11.4. The van der Waals surface area contributed by atoms with Crippen LogP contribution in [0, 0.1) is 0 Å². The summed E-state index contributed by atoms with van der Waals surface area (Å²) in [6.07, 6.45) is 0. The first kappa shape index (κ1) is 25.9. The van der Waals surface area contributed by atoms with E-state index >= 15 is 0 Å². The largest absolute Gasteiger partial charge is 0.310 e. The molecule has 8 aromatic rings. The van der Waals surface area contributed by atoms with Gasteiger partial charge in [-0.05, 0) is 76.9 Å². The summed E-state index contributed by atoms with van der Waals surface area (Å²) < 4.78 is 2.45. The van der Waals surface area contributed by atoms with Crippen molar-refractivity contribution >= 4 is 50.6 Å². The van der Waals surface area contributed by atoms with Gasteiger partial charge in [-0.3, -0.25) is 0 Å². The van der Waals surface area contributed by atoms with Crippen molar-refractivity contribution in [2.24, 2.45) is 0 Å². The maximum atomic E-state index is 2.45. The van der Waals surface area contributed by atoms with Gasteiger partial charge in [0, 0.05) is 37.6 Å². The molecular formula is C42H28N2S. The smallest absolute Gasteiger partial charge is 0.0681 e. The van der Waals surface area contributed by atoms with Crippen LogP contribution in [-0.4, -0.2) is 4.57 Å². The molecule has 1 aromatic heterocycles. The number of fused-ring (bicyclic) bond motifs is 5. The number of rotatable bonds is 5. The standard InChI is InChI=1S/C42H28N2S/c1-3-10-29(11-4-1)31-18-22-33(23-19-31)43(34-24-20-32(21-25-34)30-12-5-2-6-13-30)35-26-27-39-41(28-35)45-40-17-9-15-37-36-14-7-8-16-38(36)44(39)42(37)40/h1-28H. The van der Waals surface area contributed by atoms with Crippen molar-refractivity contribution in [3.8, 4) is 27.9 Å². The molecule has 0 amide bonds. The molecule has 0 spiro atoms. The zero-order valence-electron chi connectivity index (χ0n) is 24.5. The van der Waals surface area contributed by atoms with Gasteiger partial charge in [-0.1, -0.05) is 127 Å². The molecule has 45 heavy (non-hydrogen) atoms. The summed E-state index contributed by atoms with van der Waals surface area (Å²) in [5.74, 6) is 0. The van der Waals surface area contributed by atoms with Crippen molar-refractivity contribution in [2.45, 2.75) is 9.79 Å². The third-order valence-corrected chi connectivity index (χ3v) is 9.88. The summed E-state index contributed by atoms with van der Waals surface area (Å²) >= 11 is 1.86. The van der Waals surface area contributed by atoms with Crippen molar-refractivity contribution in [3.63, 3.8) is 0 Å². The normalized spacial score (nSPS) is 11.9. The molecule has 9 rings (SSSR count). The maximum Gasteiger partial charge on any atom is 0.0681 e. The quantitative estimate of drug-likeness (QED) is 0.196. The second kappa shape index (κ2) is 10.6. The van der Waals surface area contributed by atoms with E-state index in [0.29, 0.717) is 0 Å². The minimum absolute atomic E-state index is 1.12. The van der Waals surface area contributed by atoms with Crippen molar-refractivity contribution in [1.82, 2.24) is 4.57 Å². The molecule has 1 aliphatic rings. The molecule has 0 unspecified atom stereocenters. The van der Waals surface area contributed by atoms with Crippen LogP contribution in [-0.2, 0) is 0 Å². The zero-order chi connectivity index (χ0) is 29.7. The Labute approximate surface area is 266 Å². The summed E-state index contributed by atoms with van der Waals surface area (Å²) in [4.78, 5) is 4.91. The van der Waals surface area contributed by atoms with E-state index in [2.05, 4.69) is 179 Å². The average molecular weight is 593 g/mol. The molecule has 0 saturated heterocycles. The number of hydrogen-bond donors (Lipinski definition) is 0. The summed E-state index contributed by atoms with van der Waals surface area (Å²) in [6, 6.07) is 61.3. The van der Waals surface area contributed by atoms with E-state index in [0.717, 1.165) is 17.1 Å². The van der Waals surface area contributed by atoms with E-state index in [1.165, 1.54) is 59.5 Å². The molecule has 212 valence electrons. The van der Waals surface area contributed by atoms with Crippen LogP contribution in [0.15, 0.2) is 180 Å². The van der Waals surface area contributed by atoms with E-state index in [-0.39, 0.29) is 0 Å². The lowest BCUT2D eigenvalue weighted by molar-refractivity contribution is 1.09. The van der Waals surface area contributed by atoms with Gasteiger partial charge >= 0.3 is 0 Å². The highest BCUT2D eigenvalue weighted by atomic mass is 32.2. The van der Waals surface area contributed by atoms with Crippen molar-refractivity contribution in [3.05, 3.63) is 170 Å². The molecule has 1 aliphatic heterocycles. The highest BCUT2D eigenvalue weighted by Crippen LogP contribution is 2.48. The van der Waals surface area contributed by atoms with E-state index in [4.69, 9.17) is 0 Å². The molecule has 0 atom stereocenters. The van der Waals surface area contributed by atoms with Crippen LogP contribution in [0.2, 0.25) is 0 Å². The number of para-hydroxylation sites is 2. The minimum Gasteiger partial charge on any atom is -0.310 e. The van der Waals surface area contributed by atoms with Gasteiger partial charge in [0.15, 0.2) is 0 Å². The van der Waals surface area contributed by atoms with Gasteiger partial charge in [-0.2, -0.15) is 0 Å². The van der Waals surface area contributed by atoms with Crippen molar-refractivity contribution in [2.75, 3.05) is 4.90 Å². The lowest BCUT2D eigenvalue weighted by Crippen LogP contribution is -2.11. The van der Waals surface area contributed by atoms with Gasteiger partial charge in [-0.15, -0.1) is 0 Å². The van der Waals surface area contributed by atoms with Crippen LogP contribution in [0.1, 0.15) is 0 Å². The lowest BCUT2D eigenvalue weighted by Gasteiger charge is -2.28. The number of benzene rings is 7. The fourth-order valence-electron chi connectivity index (χ4n) is 6.66. The molecule has 0 N–H and O–H groups in total. The first-order valence-corrected chi connectivity index (χ1v) is 16.1. The predicted molar refractivity (Wildman–Crippen MR) is 190 cm³/mol. The van der Waals surface area contributed by atoms with E-state index in [1.54, 1.807) is 0 Å². The van der Waals surface area contributed by atoms with Crippen molar-refractivity contribution < 1.29 is 0 Å². The van der Waals surface area contributed by atoms with Gasteiger partial charge in [0.1, 0.15) is 0 Å². The molecule has 0 fully saturated rings. The van der Waals surface area contributed by atoms with Gasteiger partial charge in [0.25, 0.3) is 0 Å². The Bertz CT molecular complexity index is 2240. The average Bonchev–Trinajstić information content (AvgIpc) is 3.46. The van der Waals surface area contributed by atoms with Crippen LogP contribution in [0.4, 0.5) is 17.1 Å². The topological polar surface area (TPSA) is 8.17 Å². The summed E-state index contributed by atoms with van der Waals surface area (Å²) in [5.41, 5.74) is 12.0. The van der Waals surface area contributed by atoms with E-state index in [9.17, 15) is 0 Å². The lowest BCUT2D eigenvalue weighted by atomic mass is 10.0. The Morgan fingerprint density at radius 1 is 0.400 bits per heavy atom. The molecular weight excluding hydrogens is 565 g/mol. The number of aromatic nitrogens is 1. The minimum atomic E-state index is 1.12. The van der Waals surface area contributed by atoms with Crippen LogP contribution in [0.5, 0.6) is 0 Å². The third-order valence-electron chi connectivity index (χ3n) is 8.79. The summed E-state index contributed by atoms with van der Waals surface area (Å²) in [6.45, 7) is 0. The fourth-order valence-corrected chi connectivity index (χ4v) is 7.79. The Hall–Kier alpha value is -5.51. The van der Waals surface area contributed by atoms with Gasteiger partial charge in [-0.25, -0.2) is 0 Å². The SMILES string of the molecule is c1ccc(-c2ccc(N(c3ccc(-c4ccccc4)cc3)c3ccc4c(c3)Sc3cccc5c6ccccc6n-4c35)cc2)cc1. The van der Waals surface area contributed by atoms with Gasteiger partial charge in [0.05, 0.1) is 16.7 Å². The zero-order valence-corrected chi connectivity index (χ0v) is 25.3. The van der Waals surface area contributed by atoms with E-state index in [1.807, 2.05) is 11.8 Å². The number of hydrogen-bond acceptors (Lipinski definition) is 2. The number of anilines is 3. The third kappa shape index (κ3) is 4.35. The van der Waals surface area contributed by atoms with Crippen LogP contribution < -0.4 is 4.90 Å². The molecule has 0 radical (unpaired) electrons. The Kier molecular flexibility index (Phi) is 6.10. The Balaban J connectivity index is 1.18. The fraction of sp³-hybridized carbons (Fsp3) is 0. The number of nitrogens with zero attached hydrogens (tertiary/aromatic N) is 2. The molecule has 0 bridgehead atoms. The molecule has 2 heterocycles. The highest BCUT2D eigenvalue weighted by Gasteiger charge is 2.24. The van der Waals surface area contributed by atoms with Crippen molar-refractivity contribution in [1.29, 1.82) is 0 Å². The van der Waals surface area contributed by atoms with Gasteiger partial charge in [0.2, 0.25) is 0 Å². The first-order valence-electron chi connectivity index (χ1n) is 15.3. The Morgan fingerprint density at radius 2 is 0.933 bits per heavy atom. The predicted octanol–water partition coefficient (Wildman–Crippen LogP) is 12.1.